The quantitative estimate of drug-likeness (QED) is 0.290. The standard InChI is InChI=1S/C27H32N4O5S/c1-19(32)29-22-6-12-26(13-7-22)37(35,36)30-23-4-8-24(9-5-23)31-16-14-21(15-17-31)28-18-27(34)20-2-10-25(33)11-3-20/h2-13,21,27-28,30,33-34H,14-18H2,1H3,(H,29,32). The van der Waals surface area contributed by atoms with Crippen molar-refractivity contribution in [3.8, 4) is 5.75 Å². The number of nitrogens with zero attached hydrogens (tertiary/aromatic N) is 1. The van der Waals surface area contributed by atoms with E-state index in [4.69, 9.17) is 0 Å². The minimum atomic E-state index is -3.76. The molecule has 1 heterocycles. The number of carbonyl (C=O) groups excluding carboxylic acids is 1. The Morgan fingerprint density at radius 3 is 2.14 bits per heavy atom. The van der Waals surface area contributed by atoms with Crippen molar-refractivity contribution in [3.05, 3.63) is 78.4 Å². The predicted molar refractivity (Wildman–Crippen MR) is 144 cm³/mol. The average Bonchev–Trinajstić information content (AvgIpc) is 2.88. The molecule has 1 fully saturated rings. The van der Waals surface area contributed by atoms with E-state index in [0.29, 0.717) is 24.0 Å². The number of phenolic OH excluding ortho intramolecular Hbond substituents is 1. The number of aromatic hydroxyl groups is 1. The van der Waals surface area contributed by atoms with Crippen molar-refractivity contribution in [1.29, 1.82) is 0 Å². The van der Waals surface area contributed by atoms with Gasteiger partial charge in [0.2, 0.25) is 5.91 Å². The number of carbonyl (C=O) groups is 1. The van der Waals surface area contributed by atoms with Crippen LogP contribution in [-0.4, -0.2) is 50.2 Å². The van der Waals surface area contributed by atoms with Crippen LogP contribution in [0.2, 0.25) is 0 Å². The topological polar surface area (TPSA) is 131 Å². The van der Waals surface area contributed by atoms with Crippen LogP contribution >= 0.6 is 0 Å². The SMILES string of the molecule is CC(=O)Nc1ccc(S(=O)(=O)Nc2ccc(N3CCC(NCC(O)c4ccc(O)cc4)CC3)cc2)cc1. The molecule has 1 saturated heterocycles. The van der Waals surface area contributed by atoms with Crippen molar-refractivity contribution < 1.29 is 23.4 Å². The number of hydrogen-bond acceptors (Lipinski definition) is 7. The molecule has 1 atom stereocenters. The Labute approximate surface area is 217 Å². The average molecular weight is 525 g/mol. The second-order valence-corrected chi connectivity index (χ2v) is 10.8. The Morgan fingerprint density at radius 2 is 1.54 bits per heavy atom. The molecule has 3 aromatic carbocycles. The number of rotatable bonds is 9. The molecule has 0 spiro atoms. The minimum Gasteiger partial charge on any atom is -0.508 e. The summed E-state index contributed by atoms with van der Waals surface area (Å²) >= 11 is 0. The highest BCUT2D eigenvalue weighted by Crippen LogP contribution is 2.24. The fourth-order valence-electron chi connectivity index (χ4n) is 4.31. The first-order valence-corrected chi connectivity index (χ1v) is 13.6. The third-order valence-electron chi connectivity index (χ3n) is 6.34. The van der Waals surface area contributed by atoms with Crippen molar-refractivity contribution in [2.24, 2.45) is 0 Å². The van der Waals surface area contributed by atoms with Crippen LogP contribution < -0.4 is 20.3 Å². The van der Waals surface area contributed by atoms with Gasteiger partial charge in [0, 0.05) is 49.7 Å². The van der Waals surface area contributed by atoms with Gasteiger partial charge in [-0.15, -0.1) is 0 Å². The number of aliphatic hydroxyl groups is 1. The van der Waals surface area contributed by atoms with Gasteiger partial charge in [-0.2, -0.15) is 0 Å². The Kier molecular flexibility index (Phi) is 8.32. The van der Waals surface area contributed by atoms with Crippen molar-refractivity contribution in [2.75, 3.05) is 34.6 Å². The van der Waals surface area contributed by atoms with Crippen LogP contribution in [-0.2, 0) is 14.8 Å². The number of amides is 1. The Balaban J connectivity index is 1.26. The molecule has 37 heavy (non-hydrogen) atoms. The van der Waals surface area contributed by atoms with Crippen LogP contribution in [0.25, 0.3) is 0 Å². The summed E-state index contributed by atoms with van der Waals surface area (Å²) in [7, 11) is -3.76. The molecule has 0 saturated carbocycles. The molecule has 1 aliphatic heterocycles. The molecule has 1 amide bonds. The van der Waals surface area contributed by atoms with Gasteiger partial charge in [0.25, 0.3) is 10.0 Å². The van der Waals surface area contributed by atoms with Gasteiger partial charge in [0.05, 0.1) is 11.0 Å². The van der Waals surface area contributed by atoms with Crippen molar-refractivity contribution in [3.63, 3.8) is 0 Å². The van der Waals surface area contributed by atoms with E-state index >= 15 is 0 Å². The third-order valence-corrected chi connectivity index (χ3v) is 7.74. The maximum Gasteiger partial charge on any atom is 0.261 e. The summed E-state index contributed by atoms with van der Waals surface area (Å²) in [5, 5.41) is 25.8. The normalized spacial score (nSPS) is 15.2. The lowest BCUT2D eigenvalue weighted by Crippen LogP contribution is -2.43. The molecule has 5 N–H and O–H groups in total. The molecule has 0 bridgehead atoms. The monoisotopic (exact) mass is 524 g/mol. The Morgan fingerprint density at radius 1 is 0.946 bits per heavy atom. The molecule has 1 aliphatic rings. The van der Waals surface area contributed by atoms with Gasteiger partial charge in [0.15, 0.2) is 0 Å². The molecule has 3 aromatic rings. The highest BCUT2D eigenvalue weighted by molar-refractivity contribution is 7.92. The molecule has 10 heteroatoms. The smallest absolute Gasteiger partial charge is 0.261 e. The lowest BCUT2D eigenvalue weighted by atomic mass is 10.0. The zero-order chi connectivity index (χ0) is 26.4. The van der Waals surface area contributed by atoms with E-state index in [0.717, 1.165) is 37.2 Å². The van der Waals surface area contributed by atoms with Gasteiger partial charge in [-0.3, -0.25) is 9.52 Å². The largest absolute Gasteiger partial charge is 0.508 e. The number of hydrogen-bond donors (Lipinski definition) is 5. The summed E-state index contributed by atoms with van der Waals surface area (Å²) < 4.78 is 28.1. The first-order chi connectivity index (χ1) is 17.7. The Bertz CT molecular complexity index is 1290. The summed E-state index contributed by atoms with van der Waals surface area (Å²) in [6.07, 6.45) is 1.21. The van der Waals surface area contributed by atoms with Crippen molar-refractivity contribution >= 4 is 33.0 Å². The number of nitrogens with one attached hydrogen (secondary N) is 3. The fourth-order valence-corrected chi connectivity index (χ4v) is 5.37. The van der Waals surface area contributed by atoms with E-state index in [1.165, 1.54) is 19.1 Å². The molecule has 9 nitrogen and oxygen atoms in total. The first kappa shape index (κ1) is 26.5. The summed E-state index contributed by atoms with van der Waals surface area (Å²) in [6.45, 7) is 3.53. The molecule has 196 valence electrons. The van der Waals surface area contributed by atoms with E-state index in [2.05, 4.69) is 20.3 Å². The lowest BCUT2D eigenvalue weighted by molar-refractivity contribution is -0.114. The van der Waals surface area contributed by atoms with E-state index in [-0.39, 0.29) is 16.6 Å². The van der Waals surface area contributed by atoms with Gasteiger partial charge in [0.1, 0.15) is 5.75 Å². The predicted octanol–water partition coefficient (Wildman–Crippen LogP) is 3.44. The van der Waals surface area contributed by atoms with Crippen LogP contribution in [0, 0.1) is 0 Å². The number of aliphatic hydroxyl groups excluding tert-OH is 1. The molecule has 0 aliphatic carbocycles. The van der Waals surface area contributed by atoms with Crippen LogP contribution in [0.1, 0.15) is 31.4 Å². The maximum absolute atomic E-state index is 12.7. The molecular formula is C27H32N4O5S. The van der Waals surface area contributed by atoms with Gasteiger partial charge in [-0.05, 0) is 79.1 Å². The van der Waals surface area contributed by atoms with Crippen LogP contribution in [0.3, 0.4) is 0 Å². The summed E-state index contributed by atoms with van der Waals surface area (Å²) in [4.78, 5) is 13.5. The zero-order valence-electron chi connectivity index (χ0n) is 20.6. The van der Waals surface area contributed by atoms with E-state index in [9.17, 15) is 23.4 Å². The molecule has 0 radical (unpaired) electrons. The zero-order valence-corrected chi connectivity index (χ0v) is 21.4. The third kappa shape index (κ3) is 7.22. The Hall–Kier alpha value is -3.60. The van der Waals surface area contributed by atoms with E-state index in [1.54, 1.807) is 48.5 Å². The number of benzene rings is 3. The summed E-state index contributed by atoms with van der Waals surface area (Å²) in [5.41, 5.74) is 2.78. The number of piperidine rings is 1. The maximum atomic E-state index is 12.7. The highest BCUT2D eigenvalue weighted by Gasteiger charge is 2.21. The van der Waals surface area contributed by atoms with Crippen LogP contribution in [0.5, 0.6) is 5.75 Å². The van der Waals surface area contributed by atoms with Gasteiger partial charge in [-0.25, -0.2) is 8.42 Å². The number of phenols is 1. The molecule has 0 aromatic heterocycles. The molecule has 1 unspecified atom stereocenters. The molecular weight excluding hydrogens is 492 g/mol. The highest BCUT2D eigenvalue weighted by atomic mass is 32.2. The summed E-state index contributed by atoms with van der Waals surface area (Å²) in [5.74, 6) is -0.0463. The number of anilines is 3. The van der Waals surface area contributed by atoms with Crippen LogP contribution in [0.15, 0.2) is 77.7 Å². The first-order valence-electron chi connectivity index (χ1n) is 12.2. The van der Waals surface area contributed by atoms with Gasteiger partial charge in [-0.1, -0.05) is 12.1 Å². The lowest BCUT2D eigenvalue weighted by Gasteiger charge is -2.34. The number of sulfonamides is 1. The second kappa shape index (κ2) is 11.6. The van der Waals surface area contributed by atoms with Crippen molar-refractivity contribution in [2.45, 2.75) is 36.8 Å². The van der Waals surface area contributed by atoms with Crippen molar-refractivity contribution in [1.82, 2.24) is 5.32 Å². The van der Waals surface area contributed by atoms with Crippen LogP contribution in [0.4, 0.5) is 17.1 Å². The van der Waals surface area contributed by atoms with E-state index in [1.807, 2.05) is 12.1 Å². The summed E-state index contributed by atoms with van der Waals surface area (Å²) in [6, 6.07) is 20.2. The van der Waals surface area contributed by atoms with Gasteiger partial charge >= 0.3 is 0 Å². The fraction of sp³-hybridized carbons (Fsp3) is 0.296. The van der Waals surface area contributed by atoms with Gasteiger partial charge < -0.3 is 25.7 Å². The minimum absolute atomic E-state index is 0.107. The molecule has 4 rings (SSSR count). The second-order valence-electron chi connectivity index (χ2n) is 9.13. The van der Waals surface area contributed by atoms with E-state index < -0.39 is 16.1 Å².